The summed E-state index contributed by atoms with van der Waals surface area (Å²) >= 11 is 2.20. The van der Waals surface area contributed by atoms with E-state index in [4.69, 9.17) is 9.47 Å². The van der Waals surface area contributed by atoms with Gasteiger partial charge in [-0.15, -0.1) is 0 Å². The summed E-state index contributed by atoms with van der Waals surface area (Å²) in [6.45, 7) is 3.35. The van der Waals surface area contributed by atoms with Gasteiger partial charge in [0.1, 0.15) is 5.75 Å². The SMILES string of the molecule is COC(=O)c1c(C)[nH]c(C(=O)COc2ccc(I)cc2)c1C. The Hall–Kier alpha value is -1.83. The molecule has 0 saturated heterocycles. The van der Waals surface area contributed by atoms with Crippen LogP contribution in [0.3, 0.4) is 0 Å². The number of esters is 1. The van der Waals surface area contributed by atoms with Crippen molar-refractivity contribution < 1.29 is 19.1 Å². The minimum absolute atomic E-state index is 0.0952. The number of hydrogen-bond acceptors (Lipinski definition) is 4. The summed E-state index contributed by atoms with van der Waals surface area (Å²) in [7, 11) is 1.32. The van der Waals surface area contributed by atoms with E-state index in [2.05, 4.69) is 27.6 Å². The number of H-pyrrole nitrogens is 1. The average molecular weight is 413 g/mol. The van der Waals surface area contributed by atoms with Crippen LogP contribution >= 0.6 is 22.6 Å². The summed E-state index contributed by atoms with van der Waals surface area (Å²) in [5.41, 5.74) is 1.98. The van der Waals surface area contributed by atoms with Crippen LogP contribution in [0.5, 0.6) is 5.75 Å². The Morgan fingerprint density at radius 2 is 1.82 bits per heavy atom. The number of rotatable bonds is 5. The van der Waals surface area contributed by atoms with Crippen LogP contribution in [0.4, 0.5) is 0 Å². The van der Waals surface area contributed by atoms with Gasteiger partial charge in [-0.2, -0.15) is 0 Å². The number of aromatic nitrogens is 1. The van der Waals surface area contributed by atoms with Crippen LogP contribution < -0.4 is 4.74 Å². The van der Waals surface area contributed by atoms with Crippen LogP contribution in [-0.2, 0) is 4.74 Å². The number of hydrogen-bond donors (Lipinski definition) is 1. The molecule has 5 nitrogen and oxygen atoms in total. The number of carbonyl (C=O) groups excluding carboxylic acids is 2. The number of aryl methyl sites for hydroxylation is 1. The summed E-state index contributed by atoms with van der Waals surface area (Å²) in [6, 6.07) is 7.42. The first-order valence-corrected chi connectivity index (χ1v) is 7.71. The Bertz CT molecular complexity index is 704. The summed E-state index contributed by atoms with van der Waals surface area (Å²) in [4.78, 5) is 26.9. The van der Waals surface area contributed by atoms with E-state index in [9.17, 15) is 9.59 Å². The zero-order chi connectivity index (χ0) is 16.3. The lowest BCUT2D eigenvalue weighted by Crippen LogP contribution is -2.13. The largest absolute Gasteiger partial charge is 0.485 e. The molecule has 0 atom stereocenters. The molecule has 0 radical (unpaired) electrons. The Labute approximate surface area is 142 Å². The Balaban J connectivity index is 2.13. The first kappa shape index (κ1) is 16.5. The van der Waals surface area contributed by atoms with Crippen molar-refractivity contribution in [2.45, 2.75) is 13.8 Å². The van der Waals surface area contributed by atoms with E-state index in [-0.39, 0.29) is 12.4 Å². The molecule has 1 aromatic heterocycles. The van der Waals surface area contributed by atoms with Crippen LogP contribution in [0.1, 0.15) is 32.1 Å². The summed E-state index contributed by atoms with van der Waals surface area (Å²) in [5, 5.41) is 0. The highest BCUT2D eigenvalue weighted by Crippen LogP contribution is 2.20. The van der Waals surface area contributed by atoms with E-state index in [0.29, 0.717) is 28.3 Å². The smallest absolute Gasteiger partial charge is 0.339 e. The maximum Gasteiger partial charge on any atom is 0.339 e. The molecule has 0 aliphatic carbocycles. The Morgan fingerprint density at radius 3 is 2.41 bits per heavy atom. The number of ketones is 1. The number of ether oxygens (including phenoxy) is 2. The van der Waals surface area contributed by atoms with Crippen molar-refractivity contribution in [3.05, 3.63) is 50.4 Å². The van der Waals surface area contributed by atoms with E-state index in [1.807, 2.05) is 24.3 Å². The predicted octanol–water partition coefficient (Wildman–Crippen LogP) is 3.28. The van der Waals surface area contributed by atoms with Crippen molar-refractivity contribution in [1.29, 1.82) is 0 Å². The first-order chi connectivity index (χ1) is 10.4. The van der Waals surface area contributed by atoms with Gasteiger partial charge in [-0.3, -0.25) is 4.79 Å². The lowest BCUT2D eigenvalue weighted by Gasteiger charge is -2.05. The van der Waals surface area contributed by atoms with Gasteiger partial charge in [-0.05, 0) is 66.3 Å². The molecule has 0 spiro atoms. The predicted molar refractivity (Wildman–Crippen MR) is 90.6 cm³/mol. The van der Waals surface area contributed by atoms with Gasteiger partial charge in [0.2, 0.25) is 5.78 Å². The van der Waals surface area contributed by atoms with Gasteiger partial charge in [-0.25, -0.2) is 4.79 Å². The molecule has 0 aliphatic rings. The minimum Gasteiger partial charge on any atom is -0.485 e. The van der Waals surface area contributed by atoms with Gasteiger partial charge in [0.05, 0.1) is 18.4 Å². The summed E-state index contributed by atoms with van der Waals surface area (Å²) in [6.07, 6.45) is 0. The fourth-order valence-electron chi connectivity index (χ4n) is 2.19. The molecule has 0 saturated carbocycles. The number of methoxy groups -OCH3 is 1. The molecule has 22 heavy (non-hydrogen) atoms. The lowest BCUT2D eigenvalue weighted by atomic mass is 10.1. The zero-order valence-corrected chi connectivity index (χ0v) is 14.7. The molecule has 0 unspecified atom stereocenters. The number of nitrogens with one attached hydrogen (secondary N) is 1. The van der Waals surface area contributed by atoms with Gasteiger partial charge < -0.3 is 14.5 Å². The number of aromatic amines is 1. The van der Waals surface area contributed by atoms with Crippen LogP contribution in [0, 0.1) is 17.4 Å². The number of Topliss-reactive ketones (excluding diaryl/α,β-unsaturated/α-hetero) is 1. The third-order valence-electron chi connectivity index (χ3n) is 3.29. The monoisotopic (exact) mass is 413 g/mol. The second-order valence-corrected chi connectivity index (χ2v) is 6.03. The maximum atomic E-state index is 12.3. The molecule has 6 heteroatoms. The van der Waals surface area contributed by atoms with Crippen molar-refractivity contribution >= 4 is 34.3 Å². The van der Waals surface area contributed by atoms with Gasteiger partial charge in [-0.1, -0.05) is 0 Å². The average Bonchev–Trinajstić information content (AvgIpc) is 2.80. The molecular formula is C16H16INO4. The molecule has 0 aliphatic heterocycles. The summed E-state index contributed by atoms with van der Waals surface area (Å²) in [5.74, 6) is -0.0407. The first-order valence-electron chi connectivity index (χ1n) is 6.63. The number of halogens is 1. The van der Waals surface area contributed by atoms with Crippen LogP contribution in [-0.4, -0.2) is 30.5 Å². The van der Waals surface area contributed by atoms with E-state index < -0.39 is 5.97 Å². The van der Waals surface area contributed by atoms with Gasteiger partial charge >= 0.3 is 5.97 Å². The topological polar surface area (TPSA) is 68.4 Å². The molecule has 0 bridgehead atoms. The van der Waals surface area contributed by atoms with Crippen molar-refractivity contribution in [2.75, 3.05) is 13.7 Å². The van der Waals surface area contributed by atoms with Crippen molar-refractivity contribution in [1.82, 2.24) is 4.98 Å². The Morgan fingerprint density at radius 1 is 1.18 bits per heavy atom. The van der Waals surface area contributed by atoms with E-state index >= 15 is 0 Å². The van der Waals surface area contributed by atoms with Gasteiger partial charge in [0.25, 0.3) is 0 Å². The highest BCUT2D eigenvalue weighted by Gasteiger charge is 2.22. The molecule has 116 valence electrons. The second-order valence-electron chi connectivity index (χ2n) is 4.78. The fourth-order valence-corrected chi connectivity index (χ4v) is 2.55. The molecule has 1 N–H and O–H groups in total. The molecule has 2 aromatic rings. The van der Waals surface area contributed by atoms with Crippen molar-refractivity contribution in [3.8, 4) is 5.75 Å². The maximum absolute atomic E-state index is 12.3. The highest BCUT2D eigenvalue weighted by molar-refractivity contribution is 14.1. The number of carbonyl (C=O) groups is 2. The molecule has 1 heterocycles. The normalized spacial score (nSPS) is 10.4. The van der Waals surface area contributed by atoms with Crippen molar-refractivity contribution in [3.63, 3.8) is 0 Å². The zero-order valence-electron chi connectivity index (χ0n) is 12.5. The fraction of sp³-hybridized carbons (Fsp3) is 0.250. The standard InChI is InChI=1S/C16H16INO4/c1-9-14(16(20)21-3)10(2)18-15(9)13(19)8-22-12-6-4-11(17)5-7-12/h4-7,18H,8H2,1-3H3. The van der Waals surface area contributed by atoms with E-state index in [1.165, 1.54) is 7.11 Å². The molecular weight excluding hydrogens is 397 g/mol. The van der Waals surface area contributed by atoms with Crippen LogP contribution in [0.2, 0.25) is 0 Å². The molecule has 1 aromatic carbocycles. The van der Waals surface area contributed by atoms with Gasteiger partial charge in [0, 0.05) is 9.26 Å². The Kier molecular flexibility index (Phi) is 5.23. The second kappa shape index (κ2) is 6.95. The third-order valence-corrected chi connectivity index (χ3v) is 4.01. The molecule has 0 amide bonds. The van der Waals surface area contributed by atoms with E-state index in [1.54, 1.807) is 13.8 Å². The third kappa shape index (κ3) is 3.49. The van der Waals surface area contributed by atoms with Crippen molar-refractivity contribution in [2.24, 2.45) is 0 Å². The molecule has 2 rings (SSSR count). The minimum atomic E-state index is -0.455. The quantitative estimate of drug-likeness (QED) is 0.464. The summed E-state index contributed by atoms with van der Waals surface area (Å²) < 4.78 is 11.3. The molecule has 0 fully saturated rings. The number of benzene rings is 1. The van der Waals surface area contributed by atoms with Crippen LogP contribution in [0.15, 0.2) is 24.3 Å². The highest BCUT2D eigenvalue weighted by atomic mass is 127. The van der Waals surface area contributed by atoms with Gasteiger partial charge in [0.15, 0.2) is 6.61 Å². The van der Waals surface area contributed by atoms with E-state index in [0.717, 1.165) is 3.57 Å². The van der Waals surface area contributed by atoms with Crippen LogP contribution in [0.25, 0.3) is 0 Å². The lowest BCUT2D eigenvalue weighted by molar-refractivity contribution is 0.0599.